The van der Waals surface area contributed by atoms with Crippen molar-refractivity contribution in [1.29, 1.82) is 0 Å². The van der Waals surface area contributed by atoms with Gasteiger partial charge in [0.25, 0.3) is 0 Å². The van der Waals surface area contributed by atoms with Crippen molar-refractivity contribution in [3.8, 4) is 0 Å². The van der Waals surface area contributed by atoms with Crippen LogP contribution in [0.25, 0.3) is 0 Å². The van der Waals surface area contributed by atoms with E-state index in [1.807, 2.05) is 32.7 Å². The number of Topliss-reactive ketones (excluding diaryl/α,β-unsaturated/α-hetero) is 1. The van der Waals surface area contributed by atoms with Gasteiger partial charge in [0.1, 0.15) is 35.3 Å². The molecule has 8 heterocycles. The molecule has 16 heteroatoms. The topological polar surface area (TPSA) is 171 Å². The Morgan fingerprint density at radius 3 is 2.44 bits per heavy atom. The zero-order valence-electron chi connectivity index (χ0n) is 42.7. The first-order valence-corrected chi connectivity index (χ1v) is 27.1. The van der Waals surface area contributed by atoms with E-state index in [-0.39, 0.29) is 108 Å². The molecule has 12 aliphatic rings. The fourth-order valence-electron chi connectivity index (χ4n) is 15.7. The Hall–Kier alpha value is -2.06. The summed E-state index contributed by atoms with van der Waals surface area (Å²) in [5.74, 6) is 1.31. The molecule has 16 nitrogen and oxygen atoms in total. The van der Waals surface area contributed by atoms with E-state index in [0.29, 0.717) is 77.2 Å². The molecule has 392 valence electrons. The number of ketones is 1. The van der Waals surface area contributed by atoms with Crippen LogP contribution >= 0.6 is 0 Å². The van der Waals surface area contributed by atoms with Crippen LogP contribution in [0.4, 0.5) is 4.79 Å². The van der Waals surface area contributed by atoms with E-state index in [1.165, 1.54) is 5.57 Å². The van der Waals surface area contributed by atoms with Crippen molar-refractivity contribution in [1.82, 2.24) is 10.2 Å². The summed E-state index contributed by atoms with van der Waals surface area (Å²) in [6.07, 6.45) is 6.00. The molecule has 3 spiro atoms. The summed E-state index contributed by atoms with van der Waals surface area (Å²) in [5, 5.41) is 14.2. The Balaban J connectivity index is 0.734. The SMILES string of the molecule is C=C1CC2CCC34CC5C6C57C5OC8CCC(CC(=O)CC9C(CC%10OC(CCC1O2)CC(C)C%10=C)OC(CC(O)CN(C)CCOCCOCCNC(=O)OC(C)(C)C)C9OC)OC8C(O3)C5OC647. The third-order valence-electron chi connectivity index (χ3n) is 18.7. The minimum Gasteiger partial charge on any atom is -0.444 e. The number of aliphatic hydroxyl groups is 1. The van der Waals surface area contributed by atoms with Crippen molar-refractivity contribution in [2.24, 2.45) is 29.1 Å². The lowest BCUT2D eigenvalue weighted by Gasteiger charge is -2.54. The highest BCUT2D eigenvalue weighted by atomic mass is 16.7. The van der Waals surface area contributed by atoms with Crippen molar-refractivity contribution in [2.45, 2.75) is 213 Å². The van der Waals surface area contributed by atoms with E-state index in [4.69, 9.17) is 52.1 Å². The number of carbonyl (C=O) groups excluding carboxylic acids is 2. The quantitative estimate of drug-likeness (QED) is 0.171. The number of nitrogens with one attached hydrogen (secondary N) is 1. The predicted molar refractivity (Wildman–Crippen MR) is 254 cm³/mol. The Bertz CT molecular complexity index is 1980. The van der Waals surface area contributed by atoms with Crippen molar-refractivity contribution in [3.05, 3.63) is 24.3 Å². The van der Waals surface area contributed by atoms with Crippen molar-refractivity contribution >= 4 is 11.9 Å². The maximum absolute atomic E-state index is 14.5. The molecule has 0 aromatic heterocycles. The van der Waals surface area contributed by atoms with Crippen LogP contribution in [-0.4, -0.2) is 184 Å². The maximum atomic E-state index is 14.5. The Labute approximate surface area is 414 Å². The molecule has 0 aromatic carbocycles. The van der Waals surface area contributed by atoms with Gasteiger partial charge in [-0.25, -0.2) is 4.79 Å². The maximum Gasteiger partial charge on any atom is 0.407 e. The Kier molecular flexibility index (Phi) is 13.8. The monoisotopic (exact) mass is 983 g/mol. The number of hydrogen-bond acceptors (Lipinski definition) is 15. The smallest absolute Gasteiger partial charge is 0.407 e. The summed E-state index contributed by atoms with van der Waals surface area (Å²) in [5.41, 5.74) is 1.22. The highest BCUT2D eigenvalue weighted by molar-refractivity contribution is 5.79. The van der Waals surface area contributed by atoms with Gasteiger partial charge in [-0.1, -0.05) is 20.1 Å². The first kappa shape index (κ1) is 50.1. The molecular weight excluding hydrogens is 901 g/mol. The van der Waals surface area contributed by atoms with Crippen LogP contribution in [0.2, 0.25) is 0 Å². The molecule has 4 aliphatic carbocycles. The van der Waals surface area contributed by atoms with Gasteiger partial charge in [-0.05, 0) is 109 Å². The largest absolute Gasteiger partial charge is 0.444 e. The van der Waals surface area contributed by atoms with Gasteiger partial charge in [-0.2, -0.15) is 0 Å². The number of hydrogen-bond donors (Lipinski definition) is 2. The van der Waals surface area contributed by atoms with E-state index in [0.717, 1.165) is 63.4 Å². The van der Waals surface area contributed by atoms with Crippen LogP contribution in [0, 0.1) is 29.1 Å². The average Bonchev–Trinajstić information content (AvgIpc) is 3.73. The van der Waals surface area contributed by atoms with Gasteiger partial charge in [-0.3, -0.25) is 4.79 Å². The number of aliphatic hydroxyl groups excluding tert-OH is 1. The molecule has 8 aliphatic heterocycles. The summed E-state index contributed by atoms with van der Waals surface area (Å²) in [6, 6.07) is 0. The van der Waals surface area contributed by atoms with Crippen LogP contribution in [0.1, 0.15) is 111 Å². The van der Waals surface area contributed by atoms with Gasteiger partial charge >= 0.3 is 6.09 Å². The van der Waals surface area contributed by atoms with Gasteiger partial charge in [-0.15, -0.1) is 0 Å². The molecule has 12 rings (SSSR count). The highest BCUT2D eigenvalue weighted by Gasteiger charge is 3.12. The van der Waals surface area contributed by atoms with Crippen LogP contribution in [-0.2, 0) is 56.9 Å². The number of carbonyl (C=O) groups is 2. The highest BCUT2D eigenvalue weighted by Crippen LogP contribution is 3.03. The summed E-state index contributed by atoms with van der Waals surface area (Å²) in [4.78, 5) is 28.3. The van der Waals surface area contributed by atoms with Gasteiger partial charge in [0.15, 0.2) is 0 Å². The standard InChI is InChI=1S/C54H82N2O14/c1-29-21-34-9-11-39-30(2)22-36(63-39)13-14-52-27-38-48-53(38)49-47(69-54(48,52)53)46(68-52)45-40(67-49)12-10-35(65-45)23-32(57)24-37-42(26-41(64-34)31(29)3)66-43(44(37)60-8)25-33(58)28-56(7)16-18-62-20-19-61-17-15-55-50(59)70-51(4,5)6/h29,33-49,58H,2-3,9-28H2,1,4-8H3,(H,55,59). The summed E-state index contributed by atoms with van der Waals surface area (Å²) in [7, 11) is 3.65. The second kappa shape index (κ2) is 19.3. The summed E-state index contributed by atoms with van der Waals surface area (Å²) < 4.78 is 72.2. The lowest BCUT2D eigenvalue weighted by atomic mass is 9.81. The number of nitrogens with zero attached hydrogens (tertiary/aromatic N) is 1. The average molecular weight is 983 g/mol. The fraction of sp³-hybridized carbons (Fsp3) is 0.889. The van der Waals surface area contributed by atoms with E-state index < -0.39 is 30.0 Å². The molecular formula is C54H82N2O14. The second-order valence-corrected chi connectivity index (χ2v) is 24.3. The van der Waals surface area contributed by atoms with Crippen LogP contribution in [0.3, 0.4) is 0 Å². The van der Waals surface area contributed by atoms with Gasteiger partial charge < -0.3 is 67.4 Å². The normalized spacial score (nSPS) is 47.1. The van der Waals surface area contributed by atoms with Crippen molar-refractivity contribution in [2.75, 3.05) is 60.2 Å². The lowest BCUT2D eigenvalue weighted by molar-refractivity contribution is -0.338. The van der Waals surface area contributed by atoms with E-state index in [2.05, 4.69) is 25.4 Å². The second-order valence-electron chi connectivity index (χ2n) is 24.3. The molecule has 12 fully saturated rings. The molecule has 1 amide bonds. The zero-order valence-corrected chi connectivity index (χ0v) is 42.7. The minimum atomic E-state index is -0.708. The third kappa shape index (κ3) is 8.78. The van der Waals surface area contributed by atoms with Gasteiger partial charge in [0, 0.05) is 69.7 Å². The van der Waals surface area contributed by atoms with Crippen molar-refractivity contribution in [3.63, 3.8) is 0 Å². The van der Waals surface area contributed by atoms with E-state index in [9.17, 15) is 14.7 Å². The number of methoxy groups -OCH3 is 1. The zero-order chi connectivity index (χ0) is 48.9. The number of rotatable bonds is 14. The molecule has 2 N–H and O–H groups in total. The molecule has 8 saturated heterocycles. The molecule has 21 atom stereocenters. The number of ether oxygens (including phenoxy) is 11. The third-order valence-corrected chi connectivity index (χ3v) is 18.7. The van der Waals surface area contributed by atoms with Crippen LogP contribution in [0.5, 0.6) is 0 Å². The molecule has 4 saturated carbocycles. The van der Waals surface area contributed by atoms with Crippen LogP contribution in [0.15, 0.2) is 24.3 Å². The van der Waals surface area contributed by atoms with Crippen LogP contribution < -0.4 is 5.32 Å². The summed E-state index contributed by atoms with van der Waals surface area (Å²) >= 11 is 0. The number of likely N-dealkylation sites (N-methyl/N-ethyl adjacent to an activating group) is 1. The molecule has 21 unspecified atom stereocenters. The molecule has 0 radical (unpaired) electrons. The Morgan fingerprint density at radius 1 is 0.871 bits per heavy atom. The molecule has 0 aromatic rings. The fourth-order valence-corrected chi connectivity index (χ4v) is 15.7. The van der Waals surface area contributed by atoms with Gasteiger partial charge in [0.2, 0.25) is 0 Å². The first-order valence-electron chi connectivity index (χ1n) is 27.1. The predicted octanol–water partition coefficient (Wildman–Crippen LogP) is 5.24. The summed E-state index contributed by atoms with van der Waals surface area (Å²) in [6.45, 7) is 19.8. The van der Waals surface area contributed by atoms with E-state index in [1.54, 1.807) is 7.11 Å². The molecule has 70 heavy (non-hydrogen) atoms. The first-order chi connectivity index (χ1) is 33.5. The lowest BCUT2D eigenvalue weighted by Crippen LogP contribution is -2.67. The van der Waals surface area contributed by atoms with Crippen molar-refractivity contribution < 1.29 is 66.8 Å². The van der Waals surface area contributed by atoms with E-state index >= 15 is 0 Å². The number of amides is 1. The molecule has 11 bridgehead atoms. The number of alkyl carbamates (subject to hydrolysis) is 1. The minimum absolute atomic E-state index is 0.00235. The number of fused-ring (bicyclic) bond motifs is 6. The van der Waals surface area contributed by atoms with Gasteiger partial charge in [0.05, 0.1) is 99.2 Å². The Morgan fingerprint density at radius 2 is 1.64 bits per heavy atom.